The number of hydrogen-bond donors (Lipinski definition) is 0. The van der Waals surface area contributed by atoms with Gasteiger partial charge in [0.25, 0.3) is 0 Å². The number of hydrogen-bond acceptors (Lipinski definition) is 3. The molecule has 3 nitrogen and oxygen atoms in total. The zero-order valence-corrected chi connectivity index (χ0v) is 12.3. The normalized spacial score (nSPS) is 10.6. The fourth-order valence-corrected chi connectivity index (χ4v) is 2.21. The molecule has 2 rings (SSSR count). The molecule has 0 saturated carbocycles. The van der Waals surface area contributed by atoms with Gasteiger partial charge in [0, 0.05) is 11.3 Å². The average Bonchev–Trinajstić information content (AvgIpc) is 2.38. The molecule has 0 unspecified atom stereocenters. The minimum absolute atomic E-state index is 0.0832. The van der Waals surface area contributed by atoms with Gasteiger partial charge < -0.3 is 0 Å². The minimum Gasteiger partial charge on any atom is -0.300 e. The van der Waals surface area contributed by atoms with E-state index in [0.717, 1.165) is 29.8 Å². The number of ketones is 1. The highest BCUT2D eigenvalue weighted by atomic mass is 16.1. The van der Waals surface area contributed by atoms with Crippen molar-refractivity contribution in [3.63, 3.8) is 0 Å². The second kappa shape index (κ2) is 6.42. The van der Waals surface area contributed by atoms with Gasteiger partial charge in [0.05, 0.1) is 12.1 Å². The quantitative estimate of drug-likeness (QED) is 0.833. The number of carbonyl (C=O) groups excluding carboxylic acids is 1. The number of aromatic nitrogens is 2. The summed E-state index contributed by atoms with van der Waals surface area (Å²) in [6, 6.07) is 10.4. The molecule has 104 valence electrons. The van der Waals surface area contributed by atoms with E-state index >= 15 is 0 Å². The molecule has 1 heterocycles. The average molecular weight is 268 g/mol. The van der Waals surface area contributed by atoms with Crippen molar-refractivity contribution in [2.24, 2.45) is 0 Å². The van der Waals surface area contributed by atoms with E-state index < -0.39 is 0 Å². The molecule has 0 saturated heterocycles. The Morgan fingerprint density at radius 1 is 1.15 bits per heavy atom. The fraction of sp³-hybridized carbons (Fsp3) is 0.353. The SMILES string of the molecule is CCCc1ccc(-c2cc(C)nc(CC(C)=O)n2)cc1. The zero-order chi connectivity index (χ0) is 14.5. The number of nitrogens with zero attached hydrogens (tertiary/aromatic N) is 2. The van der Waals surface area contributed by atoms with Gasteiger partial charge in [-0.05, 0) is 31.9 Å². The van der Waals surface area contributed by atoms with Gasteiger partial charge in [0.1, 0.15) is 11.6 Å². The first-order chi connectivity index (χ1) is 9.58. The van der Waals surface area contributed by atoms with Crippen LogP contribution in [-0.4, -0.2) is 15.8 Å². The van der Waals surface area contributed by atoms with Crippen molar-refractivity contribution in [2.75, 3.05) is 0 Å². The van der Waals surface area contributed by atoms with Gasteiger partial charge in [-0.25, -0.2) is 9.97 Å². The van der Waals surface area contributed by atoms with Gasteiger partial charge in [-0.3, -0.25) is 4.79 Å². The van der Waals surface area contributed by atoms with Crippen LogP contribution in [0.25, 0.3) is 11.3 Å². The van der Waals surface area contributed by atoms with Crippen molar-refractivity contribution in [3.8, 4) is 11.3 Å². The van der Waals surface area contributed by atoms with Gasteiger partial charge in [0.15, 0.2) is 0 Å². The van der Waals surface area contributed by atoms with Gasteiger partial charge in [-0.15, -0.1) is 0 Å². The van der Waals surface area contributed by atoms with E-state index in [1.54, 1.807) is 6.92 Å². The second-order valence-corrected chi connectivity index (χ2v) is 5.14. The zero-order valence-electron chi connectivity index (χ0n) is 12.3. The Morgan fingerprint density at radius 2 is 1.85 bits per heavy atom. The molecule has 0 fully saturated rings. The number of Topliss-reactive ketones (excluding diaryl/α,β-unsaturated/α-hetero) is 1. The van der Waals surface area contributed by atoms with Crippen molar-refractivity contribution in [2.45, 2.75) is 40.0 Å². The first kappa shape index (κ1) is 14.4. The molecule has 0 bridgehead atoms. The van der Waals surface area contributed by atoms with Crippen molar-refractivity contribution >= 4 is 5.78 Å². The molecular weight excluding hydrogens is 248 g/mol. The smallest absolute Gasteiger partial charge is 0.137 e. The molecule has 0 atom stereocenters. The summed E-state index contributed by atoms with van der Waals surface area (Å²) in [5.74, 6) is 0.685. The van der Waals surface area contributed by atoms with E-state index in [9.17, 15) is 4.79 Å². The lowest BCUT2D eigenvalue weighted by molar-refractivity contribution is -0.116. The molecule has 2 aromatic rings. The standard InChI is InChI=1S/C17H20N2O/c1-4-5-14-6-8-15(9-7-14)16-10-12(2)18-17(19-16)11-13(3)20/h6-10H,4-5,11H2,1-3H3. The van der Waals surface area contributed by atoms with Gasteiger partial charge in [0.2, 0.25) is 0 Å². The predicted octanol–water partition coefficient (Wildman–Crippen LogP) is 3.54. The molecule has 3 heteroatoms. The summed E-state index contributed by atoms with van der Waals surface area (Å²) >= 11 is 0. The van der Waals surface area contributed by atoms with Crippen molar-refractivity contribution in [1.82, 2.24) is 9.97 Å². The van der Waals surface area contributed by atoms with Crippen molar-refractivity contribution < 1.29 is 4.79 Å². The van der Waals surface area contributed by atoms with Crippen molar-refractivity contribution in [3.05, 3.63) is 47.4 Å². The van der Waals surface area contributed by atoms with Gasteiger partial charge >= 0.3 is 0 Å². The minimum atomic E-state index is 0.0832. The Balaban J connectivity index is 2.31. The molecule has 1 aromatic carbocycles. The molecule has 0 N–H and O–H groups in total. The van der Waals surface area contributed by atoms with Crippen LogP contribution in [0.5, 0.6) is 0 Å². The summed E-state index contributed by atoms with van der Waals surface area (Å²) in [5.41, 5.74) is 4.19. The molecule has 0 aliphatic carbocycles. The van der Waals surface area contributed by atoms with E-state index in [1.807, 2.05) is 13.0 Å². The second-order valence-electron chi connectivity index (χ2n) is 5.14. The van der Waals surface area contributed by atoms with Crippen LogP contribution >= 0.6 is 0 Å². The van der Waals surface area contributed by atoms with E-state index in [1.165, 1.54) is 5.56 Å². The van der Waals surface area contributed by atoms with Crippen molar-refractivity contribution in [1.29, 1.82) is 0 Å². The Bertz CT molecular complexity index is 603. The van der Waals surface area contributed by atoms with Crippen LogP contribution in [0.2, 0.25) is 0 Å². The summed E-state index contributed by atoms with van der Waals surface area (Å²) in [7, 11) is 0. The van der Waals surface area contributed by atoms with Crippen LogP contribution in [0.3, 0.4) is 0 Å². The Kier molecular flexibility index (Phi) is 4.61. The van der Waals surface area contributed by atoms with Gasteiger partial charge in [-0.1, -0.05) is 37.6 Å². The highest BCUT2D eigenvalue weighted by Crippen LogP contribution is 2.19. The fourth-order valence-electron chi connectivity index (χ4n) is 2.21. The summed E-state index contributed by atoms with van der Waals surface area (Å²) in [4.78, 5) is 20.0. The third-order valence-electron chi connectivity index (χ3n) is 3.10. The van der Waals surface area contributed by atoms with E-state index in [-0.39, 0.29) is 5.78 Å². The summed E-state index contributed by atoms with van der Waals surface area (Å²) in [6.07, 6.45) is 2.54. The molecule has 0 spiro atoms. The van der Waals surface area contributed by atoms with E-state index in [4.69, 9.17) is 0 Å². The molecule has 20 heavy (non-hydrogen) atoms. The maximum Gasteiger partial charge on any atom is 0.137 e. The number of aryl methyl sites for hydroxylation is 2. The highest BCUT2D eigenvalue weighted by Gasteiger charge is 2.07. The molecule has 0 amide bonds. The largest absolute Gasteiger partial charge is 0.300 e. The molecule has 1 aromatic heterocycles. The maximum atomic E-state index is 11.2. The molecular formula is C17H20N2O. The number of carbonyl (C=O) groups is 1. The number of benzene rings is 1. The molecule has 0 aliphatic heterocycles. The van der Waals surface area contributed by atoms with Crippen LogP contribution in [0, 0.1) is 6.92 Å². The van der Waals surface area contributed by atoms with Gasteiger partial charge in [-0.2, -0.15) is 0 Å². The van der Waals surface area contributed by atoms with Crippen LogP contribution in [0.4, 0.5) is 0 Å². The summed E-state index contributed by atoms with van der Waals surface area (Å²) in [5, 5.41) is 0. The maximum absolute atomic E-state index is 11.2. The van der Waals surface area contributed by atoms with E-state index in [2.05, 4.69) is 41.2 Å². The first-order valence-corrected chi connectivity index (χ1v) is 7.02. The Hall–Kier alpha value is -2.03. The van der Waals surface area contributed by atoms with Crippen LogP contribution in [0.1, 0.15) is 37.4 Å². The lowest BCUT2D eigenvalue weighted by Gasteiger charge is -2.06. The third-order valence-corrected chi connectivity index (χ3v) is 3.10. The Labute approximate surface area is 120 Å². The van der Waals surface area contributed by atoms with Crippen LogP contribution in [0.15, 0.2) is 30.3 Å². The van der Waals surface area contributed by atoms with Crippen LogP contribution < -0.4 is 0 Å². The number of rotatable bonds is 5. The lowest BCUT2D eigenvalue weighted by Crippen LogP contribution is -2.04. The third kappa shape index (κ3) is 3.73. The summed E-state index contributed by atoms with van der Waals surface area (Å²) < 4.78 is 0. The predicted molar refractivity (Wildman–Crippen MR) is 80.6 cm³/mol. The first-order valence-electron chi connectivity index (χ1n) is 7.02. The molecule has 0 aliphatic rings. The topological polar surface area (TPSA) is 42.9 Å². The lowest BCUT2D eigenvalue weighted by atomic mass is 10.1. The van der Waals surface area contributed by atoms with Crippen LogP contribution in [-0.2, 0) is 17.6 Å². The monoisotopic (exact) mass is 268 g/mol. The highest BCUT2D eigenvalue weighted by molar-refractivity contribution is 5.77. The van der Waals surface area contributed by atoms with E-state index in [0.29, 0.717) is 12.2 Å². The molecule has 0 radical (unpaired) electrons. The Morgan fingerprint density at radius 3 is 2.45 bits per heavy atom. The summed E-state index contributed by atoms with van der Waals surface area (Å²) in [6.45, 7) is 5.67.